The summed E-state index contributed by atoms with van der Waals surface area (Å²) in [7, 11) is -2.33. The van der Waals surface area contributed by atoms with Gasteiger partial charge < -0.3 is 10.2 Å². The van der Waals surface area contributed by atoms with Crippen LogP contribution in [0.1, 0.15) is 34.5 Å². The molecule has 0 radical (unpaired) electrons. The van der Waals surface area contributed by atoms with E-state index in [0.29, 0.717) is 36.3 Å². The maximum Gasteiger partial charge on any atom is 0.254 e. The molecule has 2 N–H and O–H groups in total. The summed E-state index contributed by atoms with van der Waals surface area (Å²) in [5.74, 6) is -0.306. The zero-order valence-corrected chi connectivity index (χ0v) is 18.1. The Balaban J connectivity index is 1.76. The summed E-state index contributed by atoms with van der Waals surface area (Å²) in [6.45, 7) is 4.41. The maximum atomic E-state index is 13.1. The van der Waals surface area contributed by atoms with Gasteiger partial charge in [0.1, 0.15) is 5.82 Å². The van der Waals surface area contributed by atoms with E-state index in [1.807, 2.05) is 19.1 Å². The number of carbonyl (C=O) groups excluding carboxylic acids is 2. The molecule has 1 atom stereocenters. The summed E-state index contributed by atoms with van der Waals surface area (Å²) < 4.78 is 26.5. The predicted molar refractivity (Wildman–Crippen MR) is 114 cm³/mol. The Morgan fingerprint density at radius 1 is 1.17 bits per heavy atom. The van der Waals surface area contributed by atoms with E-state index in [1.165, 1.54) is 19.2 Å². The third-order valence-corrected chi connectivity index (χ3v) is 6.65. The van der Waals surface area contributed by atoms with E-state index in [-0.39, 0.29) is 29.2 Å². The lowest BCUT2D eigenvalue weighted by Gasteiger charge is -2.32. The molecule has 2 amide bonds. The standard InChI is InChI=1S/C21H26N4O4S/c1-14-9-10-17(30(28,29)22-3)12-18(14)21(27)25-11-5-7-16(13-25)20(26)24-19-8-4-6-15(2)23-19/h4,6,8-10,12,16,22H,5,7,11,13H2,1-3H3,(H,23,24,26). The Labute approximate surface area is 176 Å². The number of aromatic nitrogens is 1. The van der Waals surface area contributed by atoms with Crippen LogP contribution >= 0.6 is 0 Å². The van der Waals surface area contributed by atoms with Gasteiger partial charge in [-0.3, -0.25) is 9.59 Å². The molecule has 2 aromatic rings. The van der Waals surface area contributed by atoms with Crippen molar-refractivity contribution in [3.63, 3.8) is 0 Å². The average Bonchev–Trinajstić information content (AvgIpc) is 2.73. The molecule has 160 valence electrons. The first kappa shape index (κ1) is 21.9. The first-order chi connectivity index (χ1) is 14.2. The van der Waals surface area contributed by atoms with Gasteiger partial charge in [0.15, 0.2) is 0 Å². The molecule has 0 spiro atoms. The second-order valence-corrected chi connectivity index (χ2v) is 9.31. The van der Waals surface area contributed by atoms with Crippen LogP contribution in [0.15, 0.2) is 41.3 Å². The fourth-order valence-electron chi connectivity index (χ4n) is 3.50. The van der Waals surface area contributed by atoms with Gasteiger partial charge >= 0.3 is 0 Å². The number of piperidine rings is 1. The molecule has 0 aliphatic carbocycles. The number of nitrogens with one attached hydrogen (secondary N) is 2. The van der Waals surface area contributed by atoms with Crippen molar-refractivity contribution in [1.82, 2.24) is 14.6 Å². The van der Waals surface area contributed by atoms with Crippen LogP contribution in [-0.2, 0) is 14.8 Å². The van der Waals surface area contributed by atoms with Crippen LogP contribution in [0.4, 0.5) is 5.82 Å². The molecule has 9 heteroatoms. The van der Waals surface area contributed by atoms with Crippen LogP contribution in [0.2, 0.25) is 0 Å². The van der Waals surface area contributed by atoms with Crippen LogP contribution < -0.4 is 10.0 Å². The van der Waals surface area contributed by atoms with Crippen molar-refractivity contribution in [3.05, 3.63) is 53.2 Å². The third kappa shape index (κ3) is 4.85. The third-order valence-electron chi connectivity index (χ3n) is 5.24. The molecule has 0 bridgehead atoms. The fraction of sp³-hybridized carbons (Fsp3) is 0.381. The van der Waals surface area contributed by atoms with Crippen LogP contribution in [-0.4, -0.2) is 50.3 Å². The van der Waals surface area contributed by atoms with E-state index in [0.717, 1.165) is 5.69 Å². The van der Waals surface area contributed by atoms with Gasteiger partial charge in [-0.2, -0.15) is 0 Å². The molecule has 1 aliphatic rings. The number of nitrogens with zero attached hydrogens (tertiary/aromatic N) is 2. The molecule has 3 rings (SSSR count). The number of aryl methyl sites for hydroxylation is 2. The van der Waals surface area contributed by atoms with Crippen molar-refractivity contribution in [3.8, 4) is 0 Å². The number of amides is 2. The number of rotatable bonds is 5. The second-order valence-electron chi connectivity index (χ2n) is 7.43. The highest BCUT2D eigenvalue weighted by molar-refractivity contribution is 7.89. The first-order valence-corrected chi connectivity index (χ1v) is 11.3. The second kappa shape index (κ2) is 8.93. The Morgan fingerprint density at radius 3 is 2.63 bits per heavy atom. The molecular formula is C21H26N4O4S. The summed E-state index contributed by atoms with van der Waals surface area (Å²) in [4.78, 5) is 31.8. The minimum absolute atomic E-state index is 0.0378. The Kier molecular flexibility index (Phi) is 6.52. The summed E-state index contributed by atoms with van der Waals surface area (Å²) in [5.41, 5.74) is 1.82. The van der Waals surface area contributed by atoms with Crippen LogP contribution in [0.5, 0.6) is 0 Å². The van der Waals surface area contributed by atoms with Gasteiger partial charge in [0.05, 0.1) is 10.8 Å². The van der Waals surface area contributed by atoms with Crippen molar-refractivity contribution in [2.75, 3.05) is 25.5 Å². The molecule has 1 aliphatic heterocycles. The quantitative estimate of drug-likeness (QED) is 0.755. The fourth-order valence-corrected chi connectivity index (χ4v) is 4.26. The number of sulfonamides is 1. The summed E-state index contributed by atoms with van der Waals surface area (Å²) in [5, 5.41) is 2.82. The van der Waals surface area contributed by atoms with Crippen molar-refractivity contribution >= 4 is 27.7 Å². The predicted octanol–water partition coefficient (Wildman–Crippen LogP) is 2.10. The average molecular weight is 431 g/mol. The van der Waals surface area contributed by atoms with Crippen molar-refractivity contribution in [2.45, 2.75) is 31.6 Å². The molecule has 8 nitrogen and oxygen atoms in total. The van der Waals surface area contributed by atoms with E-state index >= 15 is 0 Å². The zero-order valence-electron chi connectivity index (χ0n) is 17.3. The van der Waals surface area contributed by atoms with E-state index in [4.69, 9.17) is 0 Å². The molecule has 1 aromatic heterocycles. The normalized spacial score (nSPS) is 16.9. The van der Waals surface area contributed by atoms with Gasteiger partial charge in [0.25, 0.3) is 5.91 Å². The zero-order chi connectivity index (χ0) is 21.9. The van der Waals surface area contributed by atoms with E-state index in [1.54, 1.807) is 24.0 Å². The van der Waals surface area contributed by atoms with E-state index < -0.39 is 10.0 Å². The molecule has 1 unspecified atom stereocenters. The molecular weight excluding hydrogens is 404 g/mol. The first-order valence-electron chi connectivity index (χ1n) is 9.79. The lowest BCUT2D eigenvalue weighted by molar-refractivity contribution is -0.121. The monoisotopic (exact) mass is 430 g/mol. The smallest absolute Gasteiger partial charge is 0.254 e. The number of pyridine rings is 1. The van der Waals surface area contributed by atoms with Crippen molar-refractivity contribution in [2.24, 2.45) is 5.92 Å². The molecule has 0 saturated carbocycles. The number of hydrogen-bond acceptors (Lipinski definition) is 5. The number of likely N-dealkylation sites (tertiary alicyclic amines) is 1. The molecule has 30 heavy (non-hydrogen) atoms. The van der Waals surface area contributed by atoms with E-state index in [2.05, 4.69) is 15.0 Å². The number of carbonyl (C=O) groups is 2. The molecule has 1 aromatic carbocycles. The Hall–Kier alpha value is -2.78. The maximum absolute atomic E-state index is 13.1. The Morgan fingerprint density at radius 2 is 1.93 bits per heavy atom. The minimum Gasteiger partial charge on any atom is -0.338 e. The minimum atomic E-state index is -3.66. The summed E-state index contributed by atoms with van der Waals surface area (Å²) >= 11 is 0. The van der Waals surface area contributed by atoms with Crippen LogP contribution in [0, 0.1) is 19.8 Å². The summed E-state index contributed by atoms with van der Waals surface area (Å²) in [6, 6.07) is 9.89. The Bertz CT molecular complexity index is 1070. The highest BCUT2D eigenvalue weighted by Gasteiger charge is 2.30. The molecule has 1 saturated heterocycles. The molecule has 1 fully saturated rings. The largest absolute Gasteiger partial charge is 0.338 e. The van der Waals surface area contributed by atoms with Crippen molar-refractivity contribution in [1.29, 1.82) is 0 Å². The van der Waals surface area contributed by atoms with Crippen molar-refractivity contribution < 1.29 is 18.0 Å². The van der Waals surface area contributed by atoms with Gasteiger partial charge in [0, 0.05) is 24.3 Å². The van der Waals surface area contributed by atoms with E-state index in [9.17, 15) is 18.0 Å². The highest BCUT2D eigenvalue weighted by atomic mass is 32.2. The van der Waals surface area contributed by atoms with Gasteiger partial charge in [-0.05, 0) is 63.6 Å². The van der Waals surface area contributed by atoms with Gasteiger partial charge in [-0.1, -0.05) is 12.1 Å². The topological polar surface area (TPSA) is 108 Å². The SMILES string of the molecule is CNS(=O)(=O)c1ccc(C)c(C(=O)N2CCCC(C(=O)Nc3cccc(C)n3)C2)c1. The summed E-state index contributed by atoms with van der Waals surface area (Å²) in [6.07, 6.45) is 1.37. The van der Waals surface area contributed by atoms with Crippen LogP contribution in [0.25, 0.3) is 0 Å². The lowest BCUT2D eigenvalue weighted by Crippen LogP contribution is -2.44. The van der Waals surface area contributed by atoms with Gasteiger partial charge in [-0.25, -0.2) is 18.1 Å². The highest BCUT2D eigenvalue weighted by Crippen LogP contribution is 2.23. The van der Waals surface area contributed by atoms with Gasteiger partial charge in [0.2, 0.25) is 15.9 Å². The molecule has 2 heterocycles. The number of anilines is 1. The number of hydrogen-bond donors (Lipinski definition) is 2. The lowest BCUT2D eigenvalue weighted by atomic mass is 9.96. The van der Waals surface area contributed by atoms with Crippen LogP contribution in [0.3, 0.4) is 0 Å². The van der Waals surface area contributed by atoms with Gasteiger partial charge in [-0.15, -0.1) is 0 Å². The number of benzene rings is 1.